The van der Waals surface area contributed by atoms with E-state index in [0.717, 1.165) is 12.8 Å². The van der Waals surface area contributed by atoms with Crippen molar-refractivity contribution in [1.82, 2.24) is 4.72 Å². The van der Waals surface area contributed by atoms with Crippen molar-refractivity contribution in [2.45, 2.75) is 32.7 Å². The van der Waals surface area contributed by atoms with Gasteiger partial charge in [-0.3, -0.25) is 0 Å². The van der Waals surface area contributed by atoms with E-state index in [1.165, 1.54) is 0 Å². The molecule has 0 atom stereocenters. The summed E-state index contributed by atoms with van der Waals surface area (Å²) in [5.41, 5.74) is 0. The maximum atomic E-state index is 10.4. The Morgan fingerprint density at radius 3 is 1.90 bits per heavy atom. The van der Waals surface area contributed by atoms with E-state index in [1.807, 2.05) is 13.8 Å². The molecule has 0 saturated heterocycles. The molecule has 0 aliphatic heterocycles. The lowest BCUT2D eigenvalue weighted by Gasteiger charge is -2.11. The average Bonchev–Trinajstić information content (AvgIpc) is 1.81. The van der Waals surface area contributed by atoms with Gasteiger partial charge in [-0.25, -0.2) is 5.14 Å². The molecule has 4 nitrogen and oxygen atoms in total. The van der Waals surface area contributed by atoms with E-state index in [1.54, 1.807) is 0 Å². The van der Waals surface area contributed by atoms with Crippen molar-refractivity contribution < 1.29 is 8.42 Å². The Morgan fingerprint density at radius 2 is 1.80 bits per heavy atom. The van der Waals surface area contributed by atoms with Gasteiger partial charge in [0.2, 0.25) is 0 Å². The second-order valence-electron chi connectivity index (χ2n) is 2.18. The molecule has 0 aromatic rings. The summed E-state index contributed by atoms with van der Waals surface area (Å²) in [6.45, 7) is 3.82. The second-order valence-corrected chi connectivity index (χ2v) is 3.50. The van der Waals surface area contributed by atoms with Crippen molar-refractivity contribution in [3.05, 3.63) is 0 Å². The normalized spacial score (nSPS) is 12.4. The third kappa shape index (κ3) is 4.72. The van der Waals surface area contributed by atoms with Crippen LogP contribution >= 0.6 is 0 Å². The van der Waals surface area contributed by atoms with Gasteiger partial charge in [-0.2, -0.15) is 13.1 Å². The van der Waals surface area contributed by atoms with Gasteiger partial charge in [-0.1, -0.05) is 13.8 Å². The molecule has 0 aromatic carbocycles. The Morgan fingerprint density at radius 1 is 1.40 bits per heavy atom. The summed E-state index contributed by atoms with van der Waals surface area (Å²) >= 11 is 0. The number of hydrogen-bond donors (Lipinski definition) is 2. The van der Waals surface area contributed by atoms with Crippen LogP contribution in [0.5, 0.6) is 0 Å². The van der Waals surface area contributed by atoms with Crippen molar-refractivity contribution in [1.29, 1.82) is 0 Å². The van der Waals surface area contributed by atoms with Gasteiger partial charge < -0.3 is 0 Å². The van der Waals surface area contributed by atoms with Crippen LogP contribution in [0, 0.1) is 0 Å². The van der Waals surface area contributed by atoms with Crippen molar-refractivity contribution in [2.24, 2.45) is 5.14 Å². The van der Waals surface area contributed by atoms with E-state index in [9.17, 15) is 8.42 Å². The van der Waals surface area contributed by atoms with Crippen LogP contribution in [0.25, 0.3) is 0 Å². The van der Waals surface area contributed by atoms with Crippen LogP contribution in [-0.4, -0.2) is 14.5 Å². The minimum Gasteiger partial charge on any atom is -0.216 e. The first kappa shape index (κ1) is 9.87. The third-order valence-electron chi connectivity index (χ3n) is 1.32. The van der Waals surface area contributed by atoms with E-state index in [-0.39, 0.29) is 6.04 Å². The van der Waals surface area contributed by atoms with E-state index >= 15 is 0 Å². The molecule has 0 heterocycles. The largest absolute Gasteiger partial charge is 0.274 e. The first-order chi connectivity index (χ1) is 4.49. The molecular formula is C5H14N2O2S. The molecule has 10 heavy (non-hydrogen) atoms. The van der Waals surface area contributed by atoms with Gasteiger partial charge in [0.15, 0.2) is 0 Å². The number of nitrogens with two attached hydrogens (primary N) is 1. The Bertz CT molecular complexity index is 172. The quantitative estimate of drug-likeness (QED) is 0.615. The van der Waals surface area contributed by atoms with Crippen molar-refractivity contribution in [3.63, 3.8) is 0 Å². The summed E-state index contributed by atoms with van der Waals surface area (Å²) in [6.07, 6.45) is 1.54. The van der Waals surface area contributed by atoms with Gasteiger partial charge in [0.1, 0.15) is 0 Å². The number of nitrogens with one attached hydrogen (secondary N) is 1. The van der Waals surface area contributed by atoms with E-state index in [2.05, 4.69) is 4.72 Å². The molecule has 5 heteroatoms. The van der Waals surface area contributed by atoms with Crippen LogP contribution < -0.4 is 9.86 Å². The van der Waals surface area contributed by atoms with E-state index < -0.39 is 10.2 Å². The number of rotatable bonds is 4. The lowest BCUT2D eigenvalue weighted by atomic mass is 10.2. The van der Waals surface area contributed by atoms with Crippen LogP contribution in [-0.2, 0) is 10.2 Å². The first-order valence-corrected chi connectivity index (χ1v) is 4.84. The van der Waals surface area contributed by atoms with Crippen LogP contribution in [0.3, 0.4) is 0 Å². The van der Waals surface area contributed by atoms with Crippen molar-refractivity contribution in [3.8, 4) is 0 Å². The summed E-state index contributed by atoms with van der Waals surface area (Å²) in [7, 11) is -3.50. The molecule has 3 N–H and O–H groups in total. The van der Waals surface area contributed by atoms with Crippen LogP contribution in [0.15, 0.2) is 0 Å². The molecule has 0 fully saturated rings. The second kappa shape index (κ2) is 3.90. The molecule has 0 spiro atoms. The molecule has 0 aliphatic rings. The highest BCUT2D eigenvalue weighted by molar-refractivity contribution is 7.87. The fraction of sp³-hybridized carbons (Fsp3) is 1.00. The standard InChI is InChI=1S/C5H14N2O2S/c1-3-5(4-2)7-10(6,8)9/h5,7H,3-4H2,1-2H3,(H2,6,8,9). The first-order valence-electron chi connectivity index (χ1n) is 3.29. The van der Waals surface area contributed by atoms with Crippen molar-refractivity contribution >= 4 is 10.2 Å². The Kier molecular flexibility index (Phi) is 3.85. The molecule has 0 radical (unpaired) electrons. The highest BCUT2D eigenvalue weighted by Gasteiger charge is 2.08. The predicted molar refractivity (Wildman–Crippen MR) is 40.6 cm³/mol. The highest BCUT2D eigenvalue weighted by atomic mass is 32.2. The zero-order valence-electron chi connectivity index (χ0n) is 6.29. The lowest BCUT2D eigenvalue weighted by molar-refractivity contribution is 0.531. The molecule has 0 amide bonds. The molecule has 0 unspecified atom stereocenters. The maximum Gasteiger partial charge on any atom is 0.274 e. The van der Waals surface area contributed by atoms with Gasteiger partial charge in [0, 0.05) is 6.04 Å². The van der Waals surface area contributed by atoms with Gasteiger partial charge >= 0.3 is 0 Å². The summed E-state index contributed by atoms with van der Waals surface area (Å²) in [4.78, 5) is 0. The average molecular weight is 166 g/mol. The van der Waals surface area contributed by atoms with Crippen molar-refractivity contribution in [2.75, 3.05) is 0 Å². The Hall–Kier alpha value is -0.130. The highest BCUT2D eigenvalue weighted by Crippen LogP contribution is 1.95. The number of hydrogen-bond acceptors (Lipinski definition) is 2. The lowest BCUT2D eigenvalue weighted by Crippen LogP contribution is -2.38. The van der Waals surface area contributed by atoms with Crippen LogP contribution in [0.2, 0.25) is 0 Å². The molecule has 0 bridgehead atoms. The van der Waals surface area contributed by atoms with Crippen LogP contribution in [0.4, 0.5) is 0 Å². The monoisotopic (exact) mass is 166 g/mol. The van der Waals surface area contributed by atoms with Crippen LogP contribution in [0.1, 0.15) is 26.7 Å². The zero-order chi connectivity index (χ0) is 8.20. The van der Waals surface area contributed by atoms with Gasteiger partial charge in [-0.15, -0.1) is 0 Å². The summed E-state index contributed by atoms with van der Waals surface area (Å²) in [5.74, 6) is 0. The molecule has 0 saturated carbocycles. The fourth-order valence-corrected chi connectivity index (χ4v) is 1.49. The minimum atomic E-state index is -3.50. The Balaban J connectivity index is 3.87. The zero-order valence-corrected chi connectivity index (χ0v) is 7.11. The molecule has 0 aliphatic carbocycles. The fourth-order valence-electron chi connectivity index (χ4n) is 0.688. The Labute approximate surface area is 62.0 Å². The topological polar surface area (TPSA) is 72.2 Å². The summed E-state index contributed by atoms with van der Waals surface area (Å²) in [5, 5.41) is 4.75. The van der Waals surface area contributed by atoms with E-state index in [4.69, 9.17) is 5.14 Å². The molecule has 62 valence electrons. The van der Waals surface area contributed by atoms with E-state index in [0.29, 0.717) is 0 Å². The maximum absolute atomic E-state index is 10.4. The summed E-state index contributed by atoms with van der Waals surface area (Å²) in [6, 6.07) is -0.0185. The molecule has 0 aromatic heterocycles. The smallest absolute Gasteiger partial charge is 0.216 e. The molecule has 0 rings (SSSR count). The predicted octanol–water partition coefficient (Wildman–Crippen LogP) is -0.0319. The SMILES string of the molecule is CCC(CC)NS(N)(=O)=O. The minimum absolute atomic E-state index is 0.0185. The van der Waals surface area contributed by atoms with Gasteiger partial charge in [0.05, 0.1) is 0 Å². The molecular weight excluding hydrogens is 152 g/mol. The summed E-state index contributed by atoms with van der Waals surface area (Å²) < 4.78 is 23.2. The third-order valence-corrected chi connectivity index (χ3v) is 1.98. The van der Waals surface area contributed by atoms with Gasteiger partial charge in [-0.05, 0) is 12.8 Å². The van der Waals surface area contributed by atoms with Gasteiger partial charge in [0.25, 0.3) is 10.2 Å².